The van der Waals surface area contributed by atoms with Crippen LogP contribution in [0.4, 0.5) is 10.2 Å². The molecule has 1 fully saturated rings. The summed E-state index contributed by atoms with van der Waals surface area (Å²) in [6.45, 7) is 0.638. The number of fused-ring (bicyclic) bond motifs is 1. The molecule has 1 aromatic carbocycles. The Morgan fingerprint density at radius 2 is 2.21 bits per heavy atom. The predicted molar refractivity (Wildman–Crippen MR) is 69.7 cm³/mol. The van der Waals surface area contributed by atoms with Gasteiger partial charge in [0.15, 0.2) is 0 Å². The lowest BCUT2D eigenvalue weighted by Gasteiger charge is -2.23. The Balaban J connectivity index is 2.15. The first-order chi connectivity index (χ1) is 9.18. The highest BCUT2D eigenvalue weighted by Crippen LogP contribution is 2.31. The highest BCUT2D eigenvalue weighted by atomic mass is 19.1. The molecule has 1 aromatic heterocycles. The number of nitrogens with zero attached hydrogens (tertiary/aromatic N) is 2. The van der Waals surface area contributed by atoms with Gasteiger partial charge < -0.3 is 10.0 Å². The maximum atomic E-state index is 13.7. The number of benzene rings is 1. The van der Waals surface area contributed by atoms with Gasteiger partial charge in [0.25, 0.3) is 0 Å². The van der Waals surface area contributed by atoms with Crippen LogP contribution in [0.25, 0.3) is 10.8 Å². The molecule has 4 nitrogen and oxygen atoms in total. The van der Waals surface area contributed by atoms with Crippen molar-refractivity contribution in [1.82, 2.24) is 4.98 Å². The van der Waals surface area contributed by atoms with E-state index in [0.717, 1.165) is 6.42 Å². The van der Waals surface area contributed by atoms with Crippen LogP contribution in [0.3, 0.4) is 0 Å². The Morgan fingerprint density at radius 3 is 3.00 bits per heavy atom. The fraction of sp³-hybridized carbons (Fsp3) is 0.286. The van der Waals surface area contributed by atoms with Crippen LogP contribution in [-0.2, 0) is 4.79 Å². The third-order valence-corrected chi connectivity index (χ3v) is 3.54. The number of hydrogen-bond acceptors (Lipinski definition) is 3. The van der Waals surface area contributed by atoms with Crippen molar-refractivity contribution in [3.63, 3.8) is 0 Å². The second kappa shape index (κ2) is 4.50. The van der Waals surface area contributed by atoms with Crippen LogP contribution in [0.1, 0.15) is 12.8 Å². The number of halogens is 1. The minimum Gasteiger partial charge on any atom is -0.480 e. The van der Waals surface area contributed by atoms with Crippen molar-refractivity contribution in [3.05, 3.63) is 36.3 Å². The van der Waals surface area contributed by atoms with Gasteiger partial charge in [0.2, 0.25) is 0 Å². The van der Waals surface area contributed by atoms with E-state index in [4.69, 9.17) is 0 Å². The summed E-state index contributed by atoms with van der Waals surface area (Å²) in [5.41, 5.74) is 0. The average Bonchev–Trinajstić information content (AvgIpc) is 2.88. The maximum absolute atomic E-state index is 13.7. The van der Waals surface area contributed by atoms with Gasteiger partial charge in [0, 0.05) is 23.5 Å². The maximum Gasteiger partial charge on any atom is 0.326 e. The van der Waals surface area contributed by atoms with Crippen LogP contribution in [0.5, 0.6) is 0 Å². The SMILES string of the molecule is O=C(O)C1CCCN1c1nccc2c(F)cccc12. The van der Waals surface area contributed by atoms with Crippen molar-refractivity contribution < 1.29 is 14.3 Å². The highest BCUT2D eigenvalue weighted by Gasteiger charge is 2.32. The molecule has 1 aliphatic rings. The zero-order chi connectivity index (χ0) is 13.4. The molecular weight excluding hydrogens is 247 g/mol. The van der Waals surface area contributed by atoms with Crippen molar-refractivity contribution in [2.75, 3.05) is 11.4 Å². The predicted octanol–water partition coefficient (Wildman–Crippen LogP) is 2.43. The Kier molecular flexibility index (Phi) is 2.81. The number of aliphatic carboxylic acids is 1. The number of pyridine rings is 1. The summed E-state index contributed by atoms with van der Waals surface area (Å²) in [7, 11) is 0. The molecule has 19 heavy (non-hydrogen) atoms. The standard InChI is InChI=1S/C14H13FN2O2/c15-11-4-1-3-10-9(11)6-7-16-13(10)17-8-2-5-12(17)14(18)19/h1,3-4,6-7,12H,2,5,8H2,(H,18,19). The zero-order valence-corrected chi connectivity index (χ0v) is 10.2. The summed E-state index contributed by atoms with van der Waals surface area (Å²) < 4.78 is 13.7. The van der Waals surface area contributed by atoms with Crippen LogP contribution >= 0.6 is 0 Å². The first kappa shape index (κ1) is 11.9. The van der Waals surface area contributed by atoms with E-state index in [-0.39, 0.29) is 5.82 Å². The van der Waals surface area contributed by atoms with Gasteiger partial charge in [-0.1, -0.05) is 12.1 Å². The van der Waals surface area contributed by atoms with E-state index in [1.165, 1.54) is 12.3 Å². The lowest BCUT2D eigenvalue weighted by molar-refractivity contribution is -0.138. The van der Waals surface area contributed by atoms with Crippen molar-refractivity contribution in [1.29, 1.82) is 0 Å². The van der Waals surface area contributed by atoms with Crippen molar-refractivity contribution >= 4 is 22.6 Å². The van der Waals surface area contributed by atoms with Crippen molar-refractivity contribution in [2.45, 2.75) is 18.9 Å². The number of carbonyl (C=O) groups is 1. The van der Waals surface area contributed by atoms with E-state index in [0.29, 0.717) is 29.6 Å². The van der Waals surface area contributed by atoms with Crippen LogP contribution in [0.2, 0.25) is 0 Å². The van der Waals surface area contributed by atoms with E-state index in [1.54, 1.807) is 23.1 Å². The Morgan fingerprint density at radius 1 is 1.37 bits per heavy atom. The van der Waals surface area contributed by atoms with Crippen molar-refractivity contribution in [3.8, 4) is 0 Å². The molecule has 2 heterocycles. The van der Waals surface area contributed by atoms with Gasteiger partial charge in [0.1, 0.15) is 17.7 Å². The number of rotatable bonds is 2. The monoisotopic (exact) mass is 260 g/mol. The zero-order valence-electron chi connectivity index (χ0n) is 10.2. The summed E-state index contributed by atoms with van der Waals surface area (Å²) in [5, 5.41) is 10.4. The van der Waals surface area contributed by atoms with Crippen LogP contribution < -0.4 is 4.90 Å². The third-order valence-electron chi connectivity index (χ3n) is 3.54. The molecule has 0 aliphatic carbocycles. The smallest absolute Gasteiger partial charge is 0.326 e. The minimum atomic E-state index is -0.854. The summed E-state index contributed by atoms with van der Waals surface area (Å²) in [6.07, 6.45) is 2.94. The van der Waals surface area contributed by atoms with E-state index >= 15 is 0 Å². The molecular formula is C14H13FN2O2. The van der Waals surface area contributed by atoms with E-state index in [2.05, 4.69) is 4.98 Å². The molecule has 3 rings (SSSR count). The first-order valence-electron chi connectivity index (χ1n) is 6.21. The highest BCUT2D eigenvalue weighted by molar-refractivity contribution is 5.94. The lowest BCUT2D eigenvalue weighted by atomic mass is 10.1. The van der Waals surface area contributed by atoms with E-state index in [9.17, 15) is 14.3 Å². The van der Waals surface area contributed by atoms with Crippen LogP contribution in [0, 0.1) is 5.82 Å². The molecule has 5 heteroatoms. The van der Waals surface area contributed by atoms with Crippen LogP contribution in [-0.4, -0.2) is 28.6 Å². The van der Waals surface area contributed by atoms with Gasteiger partial charge in [-0.3, -0.25) is 0 Å². The van der Waals surface area contributed by atoms with Gasteiger partial charge in [-0.25, -0.2) is 14.2 Å². The molecule has 0 radical (unpaired) electrons. The van der Waals surface area contributed by atoms with Crippen LogP contribution in [0.15, 0.2) is 30.5 Å². The fourth-order valence-corrected chi connectivity index (χ4v) is 2.66. The molecule has 1 unspecified atom stereocenters. The molecule has 2 aromatic rings. The Hall–Kier alpha value is -2.17. The number of anilines is 1. The lowest BCUT2D eigenvalue weighted by Crippen LogP contribution is -2.36. The molecule has 1 atom stereocenters. The molecule has 0 spiro atoms. The molecule has 1 aliphatic heterocycles. The second-order valence-corrected chi connectivity index (χ2v) is 4.66. The first-order valence-corrected chi connectivity index (χ1v) is 6.21. The molecule has 1 saturated heterocycles. The van der Waals surface area contributed by atoms with E-state index < -0.39 is 12.0 Å². The van der Waals surface area contributed by atoms with Gasteiger partial charge in [-0.2, -0.15) is 0 Å². The quantitative estimate of drug-likeness (QED) is 0.901. The summed E-state index contributed by atoms with van der Waals surface area (Å²) in [5.74, 6) is -0.609. The summed E-state index contributed by atoms with van der Waals surface area (Å²) in [6, 6.07) is 5.83. The molecule has 98 valence electrons. The van der Waals surface area contributed by atoms with E-state index in [1.807, 2.05) is 0 Å². The molecule has 0 bridgehead atoms. The second-order valence-electron chi connectivity index (χ2n) is 4.66. The number of carboxylic acid groups (broad SMARTS) is 1. The molecule has 0 saturated carbocycles. The largest absolute Gasteiger partial charge is 0.480 e. The third kappa shape index (κ3) is 1.91. The number of aromatic nitrogens is 1. The Labute approximate surface area is 109 Å². The Bertz CT molecular complexity index is 644. The molecule has 1 N–H and O–H groups in total. The van der Waals surface area contributed by atoms with Gasteiger partial charge >= 0.3 is 5.97 Å². The number of carboxylic acids is 1. The van der Waals surface area contributed by atoms with Gasteiger partial charge in [-0.15, -0.1) is 0 Å². The van der Waals surface area contributed by atoms with Gasteiger partial charge in [-0.05, 0) is 25.0 Å². The normalized spacial score (nSPS) is 19.0. The van der Waals surface area contributed by atoms with Crippen molar-refractivity contribution in [2.24, 2.45) is 0 Å². The molecule has 0 amide bonds. The summed E-state index contributed by atoms with van der Waals surface area (Å²) >= 11 is 0. The topological polar surface area (TPSA) is 53.4 Å². The summed E-state index contributed by atoms with van der Waals surface area (Å²) in [4.78, 5) is 17.3. The minimum absolute atomic E-state index is 0.313. The van der Waals surface area contributed by atoms with Gasteiger partial charge in [0.05, 0.1) is 0 Å². The number of hydrogen-bond donors (Lipinski definition) is 1. The average molecular weight is 260 g/mol. The fourth-order valence-electron chi connectivity index (χ4n) is 2.66.